The molecule has 1 aromatic rings. The van der Waals surface area contributed by atoms with Gasteiger partial charge in [0.2, 0.25) is 53.2 Å². The number of guanidine groups is 2. The number of carboxylic acid groups (broad SMARTS) is 1. The minimum Gasteiger partial charge on any atom is -0.481 e. The minimum absolute atomic E-state index is 0.0254. The van der Waals surface area contributed by atoms with Crippen LogP contribution in [0.2, 0.25) is 0 Å². The summed E-state index contributed by atoms with van der Waals surface area (Å²) < 4.78 is 0. The number of carbonyl (C=O) groups excluding carboxylic acids is 9. The van der Waals surface area contributed by atoms with Gasteiger partial charge in [-0.05, 0) is 77.4 Å². The van der Waals surface area contributed by atoms with Crippen molar-refractivity contribution in [1.29, 1.82) is 10.8 Å². The summed E-state index contributed by atoms with van der Waals surface area (Å²) in [7, 11) is 1.58. The predicted molar refractivity (Wildman–Crippen MR) is 279 cm³/mol. The number of aliphatic hydroxyl groups is 1. The summed E-state index contributed by atoms with van der Waals surface area (Å²) in [5, 5.41) is 62.7. The van der Waals surface area contributed by atoms with Crippen LogP contribution in [0.4, 0.5) is 0 Å². The number of hydrogen-bond donors (Lipinski definition) is 19. The van der Waals surface area contributed by atoms with Crippen molar-refractivity contribution in [2.24, 2.45) is 28.9 Å². The van der Waals surface area contributed by atoms with Gasteiger partial charge in [0.25, 0.3) is 0 Å². The van der Waals surface area contributed by atoms with Crippen molar-refractivity contribution in [2.75, 3.05) is 33.3 Å². The van der Waals surface area contributed by atoms with E-state index in [0.717, 1.165) is 6.92 Å². The third-order valence-corrected chi connectivity index (χ3v) is 11.9. The Hall–Kier alpha value is -7.66. The molecule has 29 heteroatoms. The van der Waals surface area contributed by atoms with Gasteiger partial charge in [0.15, 0.2) is 11.9 Å². The fourth-order valence-corrected chi connectivity index (χ4v) is 7.23. The Morgan fingerprint density at radius 3 is 1.47 bits per heavy atom. The summed E-state index contributed by atoms with van der Waals surface area (Å²) in [6.07, 6.45) is 1.21. The number of nitrogens with one attached hydrogen (secondary N) is 13. The number of primary amides is 1. The van der Waals surface area contributed by atoms with Crippen LogP contribution in [0.1, 0.15) is 91.0 Å². The molecule has 0 fully saturated rings. The monoisotopic (exact) mass is 1080 g/mol. The van der Waals surface area contributed by atoms with Gasteiger partial charge in [-0.1, -0.05) is 57.0 Å². The normalized spacial score (nSPS) is 14.8. The SMILES string of the molecule is CC[C@H](C)[C@H](NC(=O)[C@H](CC(=O)O)NC(=O)[C@H](C)NC(=O)[C@H](CO)NC(=O)[C@H](CCCNC(=N)N)NC(=O)[C@H](CCCNC(=N)N)NC(=O)[C@H](CCCCN)NC)C(=O)N[C@@H](Cc1ccccc1)C(=O)N[C@@H](C)C(N)=O. The smallest absolute Gasteiger partial charge is 0.305 e. The number of rotatable bonds is 37. The van der Waals surface area contributed by atoms with Crippen LogP contribution in [-0.4, -0.2) is 169 Å². The number of carbonyl (C=O) groups is 10. The van der Waals surface area contributed by atoms with Crippen LogP contribution in [0.3, 0.4) is 0 Å². The number of benzene rings is 1. The highest BCUT2D eigenvalue weighted by molar-refractivity contribution is 5.99. The van der Waals surface area contributed by atoms with Crippen molar-refractivity contribution in [3.8, 4) is 0 Å². The molecule has 76 heavy (non-hydrogen) atoms. The van der Waals surface area contributed by atoms with Crippen LogP contribution in [-0.2, 0) is 54.4 Å². The topological polar surface area (TPSA) is 495 Å². The maximum absolute atomic E-state index is 13.9. The van der Waals surface area contributed by atoms with E-state index in [-0.39, 0.29) is 57.1 Å². The van der Waals surface area contributed by atoms with Gasteiger partial charge < -0.3 is 91.6 Å². The van der Waals surface area contributed by atoms with Crippen LogP contribution in [0.5, 0.6) is 0 Å². The molecule has 426 valence electrons. The second kappa shape index (κ2) is 35.5. The fraction of sp³-hybridized carbons (Fsp3) is 0.617. The van der Waals surface area contributed by atoms with E-state index in [1.807, 2.05) is 0 Å². The predicted octanol–water partition coefficient (Wildman–Crippen LogP) is -5.61. The molecule has 0 aliphatic heterocycles. The quantitative estimate of drug-likeness (QED) is 0.0168. The van der Waals surface area contributed by atoms with E-state index in [1.54, 1.807) is 51.2 Å². The van der Waals surface area contributed by atoms with E-state index >= 15 is 0 Å². The first kappa shape index (κ1) is 66.4. The van der Waals surface area contributed by atoms with Gasteiger partial charge in [-0.3, -0.25) is 58.8 Å². The van der Waals surface area contributed by atoms with Crippen LogP contribution < -0.4 is 81.4 Å². The van der Waals surface area contributed by atoms with E-state index in [0.29, 0.717) is 37.8 Å². The second-order valence-corrected chi connectivity index (χ2v) is 18.1. The summed E-state index contributed by atoms with van der Waals surface area (Å²) in [4.78, 5) is 133. The molecule has 10 atom stereocenters. The zero-order valence-electron chi connectivity index (χ0n) is 43.8. The number of carboxylic acids is 1. The van der Waals surface area contributed by atoms with E-state index in [9.17, 15) is 58.2 Å². The first-order valence-corrected chi connectivity index (χ1v) is 25.0. The largest absolute Gasteiger partial charge is 0.481 e. The number of amides is 9. The minimum atomic E-state index is -1.84. The average Bonchev–Trinajstić information content (AvgIpc) is 3.36. The highest BCUT2D eigenvalue weighted by Gasteiger charge is 2.36. The van der Waals surface area contributed by atoms with Crippen LogP contribution in [0, 0.1) is 16.7 Å². The lowest BCUT2D eigenvalue weighted by molar-refractivity contribution is -0.141. The summed E-state index contributed by atoms with van der Waals surface area (Å²) in [6.45, 7) is 5.45. The number of likely N-dealkylation sites (N-methyl/N-ethyl adjacent to an activating group) is 1. The molecule has 29 nitrogen and oxygen atoms in total. The molecule has 1 aromatic carbocycles. The Morgan fingerprint density at radius 2 is 1.00 bits per heavy atom. The molecule has 0 aliphatic carbocycles. The van der Waals surface area contributed by atoms with Gasteiger partial charge in [0.05, 0.1) is 19.1 Å². The molecule has 0 saturated carbocycles. The van der Waals surface area contributed by atoms with E-state index in [4.69, 9.17) is 33.8 Å². The third kappa shape index (κ3) is 25.5. The zero-order chi connectivity index (χ0) is 57.5. The number of unbranched alkanes of at least 4 members (excludes halogenated alkanes) is 1. The Labute approximate surface area is 441 Å². The molecular formula is C47H81N17O12. The van der Waals surface area contributed by atoms with Crippen LogP contribution >= 0.6 is 0 Å². The van der Waals surface area contributed by atoms with Crippen molar-refractivity contribution in [3.05, 3.63) is 35.9 Å². The highest BCUT2D eigenvalue weighted by Crippen LogP contribution is 2.12. The fourth-order valence-electron chi connectivity index (χ4n) is 7.23. The van der Waals surface area contributed by atoms with Crippen molar-refractivity contribution >= 4 is 71.1 Å². The first-order valence-electron chi connectivity index (χ1n) is 25.0. The molecule has 0 heterocycles. The van der Waals surface area contributed by atoms with E-state index < -0.39 is 132 Å². The summed E-state index contributed by atoms with van der Waals surface area (Å²) in [6, 6.07) is -3.67. The molecular weight excluding hydrogens is 995 g/mol. The van der Waals surface area contributed by atoms with Crippen molar-refractivity contribution in [2.45, 2.75) is 146 Å². The number of aliphatic carboxylic acids is 1. The Kier molecular flexibility index (Phi) is 31.0. The van der Waals surface area contributed by atoms with Gasteiger partial charge in [-0.25, -0.2) is 0 Å². The van der Waals surface area contributed by atoms with Gasteiger partial charge in [-0.2, -0.15) is 0 Å². The Balaban J connectivity index is 3.32. The Morgan fingerprint density at radius 1 is 0.553 bits per heavy atom. The molecule has 1 rings (SSSR count). The number of aliphatic hydroxyl groups excluding tert-OH is 1. The molecule has 0 bridgehead atoms. The molecule has 0 unspecified atom stereocenters. The van der Waals surface area contributed by atoms with Crippen molar-refractivity contribution < 1.29 is 58.2 Å². The highest BCUT2D eigenvalue weighted by atomic mass is 16.4. The maximum atomic E-state index is 13.9. The maximum Gasteiger partial charge on any atom is 0.305 e. The van der Waals surface area contributed by atoms with Gasteiger partial charge >= 0.3 is 5.97 Å². The first-order chi connectivity index (χ1) is 35.9. The molecule has 0 aliphatic rings. The molecule has 0 saturated heterocycles. The van der Waals surface area contributed by atoms with Crippen molar-refractivity contribution in [1.82, 2.24) is 58.5 Å². The second-order valence-electron chi connectivity index (χ2n) is 18.1. The van der Waals surface area contributed by atoms with E-state index in [1.165, 1.54) is 6.92 Å². The Bertz CT molecular complexity index is 2120. The molecule has 23 N–H and O–H groups in total. The third-order valence-electron chi connectivity index (χ3n) is 11.9. The standard InChI is InChI=1S/C47H81N17O12/c1-6-25(2)36(45(76)62-32(22-28-14-8-7-9-15-28)42(73)57-26(3)37(49)68)64-43(74)33(23-35(66)67)61-38(69)27(4)58-44(75)34(24-65)63-41(72)31(18-13-21-56-47(52)53)60-40(71)30(17-12-20-55-46(50)51)59-39(70)29(54-5)16-10-11-19-48/h7-9,14-15,25-27,29-34,36,54,65H,6,10-13,16-24,48H2,1-5H3,(H2,49,68)(H,57,73)(H,58,75)(H,59,70)(H,60,71)(H,61,69)(H,62,76)(H,63,72)(H,64,74)(H,66,67)(H4,50,51,55)(H4,52,53,56)/t25-,26-,27-,29-,30-,31-,32-,33-,34-,36-/m0/s1. The van der Waals surface area contributed by atoms with Crippen molar-refractivity contribution in [3.63, 3.8) is 0 Å². The molecule has 0 radical (unpaired) electrons. The molecule has 9 amide bonds. The van der Waals surface area contributed by atoms with Gasteiger partial charge in [0.1, 0.15) is 48.3 Å². The molecule has 0 spiro atoms. The number of nitrogens with two attached hydrogens (primary N) is 4. The lowest BCUT2D eigenvalue weighted by Crippen LogP contribution is -2.61. The average molecular weight is 1080 g/mol. The van der Waals surface area contributed by atoms with E-state index in [2.05, 4.69) is 58.5 Å². The van der Waals surface area contributed by atoms with Crippen LogP contribution in [0.15, 0.2) is 30.3 Å². The van der Waals surface area contributed by atoms with Gasteiger partial charge in [-0.15, -0.1) is 0 Å². The van der Waals surface area contributed by atoms with Gasteiger partial charge in [0, 0.05) is 19.5 Å². The lowest BCUT2D eigenvalue weighted by Gasteiger charge is -2.29. The lowest BCUT2D eigenvalue weighted by atomic mass is 9.96. The zero-order valence-corrected chi connectivity index (χ0v) is 43.8. The summed E-state index contributed by atoms with van der Waals surface area (Å²) in [5.74, 6) is -10.9. The van der Waals surface area contributed by atoms with Crippen LogP contribution in [0.25, 0.3) is 0 Å². The molecule has 0 aromatic heterocycles. The summed E-state index contributed by atoms with van der Waals surface area (Å²) >= 11 is 0. The number of hydrogen-bond acceptors (Lipinski definition) is 15. The summed E-state index contributed by atoms with van der Waals surface area (Å²) in [5.41, 5.74) is 22.4.